The molecule has 0 atom stereocenters. The molecule has 0 aliphatic heterocycles. The lowest BCUT2D eigenvalue weighted by Gasteiger charge is -2.17. The molecule has 2 aromatic rings. The average molecular weight is 311 g/mol. The molecule has 3 rings (SSSR count). The van der Waals surface area contributed by atoms with E-state index in [1.54, 1.807) is 7.11 Å². The summed E-state index contributed by atoms with van der Waals surface area (Å²) in [6.07, 6.45) is 5.19. The van der Waals surface area contributed by atoms with Crippen LogP contribution in [-0.2, 0) is 6.54 Å². The fraction of sp³-hybridized carbons (Fsp3) is 0.400. The van der Waals surface area contributed by atoms with E-state index in [0.29, 0.717) is 6.10 Å². The molecule has 3 nitrogen and oxygen atoms in total. The first kappa shape index (κ1) is 15.7. The van der Waals surface area contributed by atoms with Gasteiger partial charge in [0.2, 0.25) is 0 Å². The van der Waals surface area contributed by atoms with Gasteiger partial charge in [-0.1, -0.05) is 18.2 Å². The molecule has 1 aliphatic rings. The van der Waals surface area contributed by atoms with Crippen LogP contribution < -0.4 is 14.8 Å². The van der Waals surface area contributed by atoms with Crippen LogP contribution in [0.5, 0.6) is 11.5 Å². The van der Waals surface area contributed by atoms with Gasteiger partial charge in [-0.2, -0.15) is 0 Å². The van der Waals surface area contributed by atoms with Crippen LogP contribution in [-0.4, -0.2) is 13.2 Å². The molecule has 0 spiro atoms. The lowest BCUT2D eigenvalue weighted by Crippen LogP contribution is -2.11. The maximum atomic E-state index is 6.09. The first-order chi connectivity index (χ1) is 11.2. The van der Waals surface area contributed by atoms with Crippen LogP contribution in [0.25, 0.3) is 0 Å². The summed E-state index contributed by atoms with van der Waals surface area (Å²) >= 11 is 0. The van der Waals surface area contributed by atoms with Crippen molar-refractivity contribution in [3.8, 4) is 11.5 Å². The number of methoxy groups -OCH3 is 1. The Bertz CT molecular complexity index is 648. The van der Waals surface area contributed by atoms with Crippen molar-refractivity contribution in [2.24, 2.45) is 0 Å². The van der Waals surface area contributed by atoms with E-state index in [1.165, 1.54) is 24.0 Å². The first-order valence-corrected chi connectivity index (χ1v) is 8.39. The summed E-state index contributed by atoms with van der Waals surface area (Å²) in [6.45, 7) is 2.87. The molecule has 1 N–H and O–H groups in total. The molecule has 2 aromatic carbocycles. The predicted octanol–water partition coefficient (Wildman–Crippen LogP) is 4.94. The first-order valence-electron chi connectivity index (χ1n) is 8.39. The summed E-state index contributed by atoms with van der Waals surface area (Å²) in [6, 6.07) is 14.6. The largest absolute Gasteiger partial charge is 0.493 e. The molecule has 1 aliphatic carbocycles. The third-order valence-corrected chi connectivity index (χ3v) is 4.34. The van der Waals surface area contributed by atoms with Crippen molar-refractivity contribution >= 4 is 5.69 Å². The third-order valence-electron chi connectivity index (χ3n) is 4.34. The molecule has 0 saturated heterocycles. The van der Waals surface area contributed by atoms with Gasteiger partial charge in [0, 0.05) is 12.2 Å². The van der Waals surface area contributed by atoms with Crippen molar-refractivity contribution in [1.82, 2.24) is 0 Å². The van der Waals surface area contributed by atoms with E-state index in [9.17, 15) is 0 Å². The normalized spacial score (nSPS) is 14.7. The van der Waals surface area contributed by atoms with Gasteiger partial charge in [0.15, 0.2) is 11.5 Å². The van der Waals surface area contributed by atoms with Gasteiger partial charge in [0.05, 0.1) is 13.2 Å². The fourth-order valence-electron chi connectivity index (χ4n) is 3.06. The van der Waals surface area contributed by atoms with Crippen molar-refractivity contribution < 1.29 is 9.47 Å². The van der Waals surface area contributed by atoms with E-state index in [-0.39, 0.29) is 0 Å². The summed E-state index contributed by atoms with van der Waals surface area (Å²) < 4.78 is 11.6. The van der Waals surface area contributed by atoms with Crippen LogP contribution in [0.2, 0.25) is 0 Å². The number of benzene rings is 2. The maximum absolute atomic E-state index is 6.09. The number of ether oxygens (including phenoxy) is 2. The van der Waals surface area contributed by atoms with Gasteiger partial charge >= 0.3 is 0 Å². The van der Waals surface area contributed by atoms with Gasteiger partial charge in [-0.25, -0.2) is 0 Å². The van der Waals surface area contributed by atoms with Crippen LogP contribution in [0, 0.1) is 6.92 Å². The Morgan fingerprint density at radius 1 is 1.04 bits per heavy atom. The fourth-order valence-corrected chi connectivity index (χ4v) is 3.06. The molecule has 23 heavy (non-hydrogen) atoms. The van der Waals surface area contributed by atoms with Crippen molar-refractivity contribution in [3.63, 3.8) is 0 Å². The number of hydrogen-bond donors (Lipinski definition) is 1. The summed E-state index contributed by atoms with van der Waals surface area (Å²) in [5, 5.41) is 3.45. The summed E-state index contributed by atoms with van der Waals surface area (Å²) in [5.41, 5.74) is 3.57. The lowest BCUT2D eigenvalue weighted by atomic mass is 10.1. The highest BCUT2D eigenvalue weighted by Gasteiger charge is 2.18. The van der Waals surface area contributed by atoms with E-state index in [2.05, 4.69) is 48.6 Å². The average Bonchev–Trinajstić information content (AvgIpc) is 3.07. The van der Waals surface area contributed by atoms with E-state index in [0.717, 1.165) is 36.6 Å². The van der Waals surface area contributed by atoms with Crippen molar-refractivity contribution in [2.45, 2.75) is 45.3 Å². The van der Waals surface area contributed by atoms with E-state index >= 15 is 0 Å². The third kappa shape index (κ3) is 4.19. The SMILES string of the molecule is COc1cc(CNc2cccc(C)c2)ccc1OC1CCCC1. The Labute approximate surface area is 138 Å². The molecule has 0 aromatic heterocycles. The number of anilines is 1. The van der Waals surface area contributed by atoms with Crippen molar-refractivity contribution in [2.75, 3.05) is 12.4 Å². The van der Waals surface area contributed by atoms with Gasteiger partial charge in [0.25, 0.3) is 0 Å². The lowest BCUT2D eigenvalue weighted by molar-refractivity contribution is 0.200. The Balaban J connectivity index is 1.66. The molecular weight excluding hydrogens is 286 g/mol. The minimum Gasteiger partial charge on any atom is -0.493 e. The van der Waals surface area contributed by atoms with Crippen LogP contribution >= 0.6 is 0 Å². The van der Waals surface area contributed by atoms with E-state index in [1.807, 2.05) is 6.07 Å². The molecule has 1 saturated carbocycles. The Kier molecular flexibility index (Phi) is 5.06. The van der Waals surface area contributed by atoms with Crippen molar-refractivity contribution in [1.29, 1.82) is 0 Å². The van der Waals surface area contributed by atoms with E-state index < -0.39 is 0 Å². The zero-order valence-corrected chi connectivity index (χ0v) is 14.0. The van der Waals surface area contributed by atoms with Gasteiger partial charge in [-0.3, -0.25) is 0 Å². The second-order valence-corrected chi connectivity index (χ2v) is 6.23. The van der Waals surface area contributed by atoms with E-state index in [4.69, 9.17) is 9.47 Å². The minimum atomic E-state index is 0.347. The standard InChI is InChI=1S/C20H25NO2/c1-15-6-5-7-17(12-15)21-14-16-10-11-19(20(13-16)22-2)23-18-8-3-4-9-18/h5-7,10-13,18,21H,3-4,8-9,14H2,1-2H3. The van der Waals surface area contributed by atoms with Crippen LogP contribution in [0.3, 0.4) is 0 Å². The van der Waals surface area contributed by atoms with Gasteiger partial charge in [0.1, 0.15) is 0 Å². The summed E-state index contributed by atoms with van der Waals surface area (Å²) in [5.74, 6) is 1.68. The highest BCUT2D eigenvalue weighted by molar-refractivity contribution is 5.48. The topological polar surface area (TPSA) is 30.5 Å². The monoisotopic (exact) mass is 311 g/mol. The summed E-state index contributed by atoms with van der Waals surface area (Å²) in [4.78, 5) is 0. The second-order valence-electron chi connectivity index (χ2n) is 6.23. The number of aryl methyl sites for hydroxylation is 1. The molecule has 0 amide bonds. The maximum Gasteiger partial charge on any atom is 0.161 e. The number of nitrogens with one attached hydrogen (secondary N) is 1. The minimum absolute atomic E-state index is 0.347. The Hall–Kier alpha value is -2.16. The molecule has 0 bridgehead atoms. The molecule has 0 radical (unpaired) electrons. The molecule has 122 valence electrons. The zero-order valence-electron chi connectivity index (χ0n) is 14.0. The molecule has 0 heterocycles. The molecule has 0 unspecified atom stereocenters. The van der Waals surface area contributed by atoms with Gasteiger partial charge < -0.3 is 14.8 Å². The highest BCUT2D eigenvalue weighted by Crippen LogP contribution is 2.32. The van der Waals surface area contributed by atoms with Crippen molar-refractivity contribution in [3.05, 3.63) is 53.6 Å². The molecular formula is C20H25NO2. The zero-order chi connectivity index (χ0) is 16.1. The molecule has 3 heteroatoms. The number of hydrogen-bond acceptors (Lipinski definition) is 3. The quantitative estimate of drug-likeness (QED) is 0.820. The molecule has 1 fully saturated rings. The van der Waals surface area contributed by atoms with Crippen LogP contribution in [0.4, 0.5) is 5.69 Å². The van der Waals surface area contributed by atoms with Crippen LogP contribution in [0.15, 0.2) is 42.5 Å². The smallest absolute Gasteiger partial charge is 0.161 e. The Morgan fingerprint density at radius 2 is 1.87 bits per heavy atom. The number of rotatable bonds is 6. The highest BCUT2D eigenvalue weighted by atomic mass is 16.5. The predicted molar refractivity (Wildman–Crippen MR) is 94.4 cm³/mol. The van der Waals surface area contributed by atoms with Crippen LogP contribution in [0.1, 0.15) is 36.8 Å². The van der Waals surface area contributed by atoms with Gasteiger partial charge in [-0.15, -0.1) is 0 Å². The van der Waals surface area contributed by atoms with Gasteiger partial charge in [-0.05, 0) is 68.0 Å². The Morgan fingerprint density at radius 3 is 2.61 bits per heavy atom. The second kappa shape index (κ2) is 7.40. The summed E-state index contributed by atoms with van der Waals surface area (Å²) in [7, 11) is 1.70.